The van der Waals surface area contributed by atoms with E-state index in [4.69, 9.17) is 4.84 Å². The van der Waals surface area contributed by atoms with Gasteiger partial charge in [-0.1, -0.05) is 65.3 Å². The number of hydrogen-bond donors (Lipinski definition) is 0. The molecule has 2 aromatic rings. The quantitative estimate of drug-likeness (QED) is 0.579. The van der Waals surface area contributed by atoms with Gasteiger partial charge in [0.25, 0.3) is 0 Å². The molecule has 2 aromatic carbocycles. The fourth-order valence-corrected chi connectivity index (χ4v) is 1.67. The van der Waals surface area contributed by atoms with E-state index in [-0.39, 0.29) is 0 Å². The molecule has 2 nitrogen and oxygen atoms in total. The van der Waals surface area contributed by atoms with Crippen molar-refractivity contribution in [1.82, 2.24) is 0 Å². The van der Waals surface area contributed by atoms with Crippen LogP contribution in [0.15, 0.2) is 59.8 Å². The fraction of sp³-hybridized carbons (Fsp3) is 0.133. The van der Waals surface area contributed by atoms with Crippen LogP contribution in [0, 0.1) is 6.92 Å². The third kappa shape index (κ3) is 2.72. The van der Waals surface area contributed by atoms with Crippen molar-refractivity contribution in [3.05, 3.63) is 71.3 Å². The van der Waals surface area contributed by atoms with Crippen LogP contribution in [0.25, 0.3) is 0 Å². The van der Waals surface area contributed by atoms with Crippen molar-refractivity contribution in [3.63, 3.8) is 0 Å². The molecule has 0 fully saturated rings. The Morgan fingerprint density at radius 1 is 0.882 bits per heavy atom. The predicted octanol–water partition coefficient (Wildman–Crippen LogP) is 3.39. The summed E-state index contributed by atoms with van der Waals surface area (Å²) in [5.41, 5.74) is 4.20. The Kier molecular flexibility index (Phi) is 3.55. The van der Waals surface area contributed by atoms with Gasteiger partial charge < -0.3 is 4.84 Å². The third-order valence-corrected chi connectivity index (χ3v) is 2.55. The zero-order valence-corrected chi connectivity index (χ0v) is 10.1. The topological polar surface area (TPSA) is 21.6 Å². The monoisotopic (exact) mass is 225 g/mol. The number of rotatable bonds is 3. The molecule has 86 valence electrons. The van der Waals surface area contributed by atoms with Crippen LogP contribution in [-0.2, 0) is 4.84 Å². The minimum atomic E-state index is 0.855. The van der Waals surface area contributed by atoms with Crippen molar-refractivity contribution < 1.29 is 4.84 Å². The van der Waals surface area contributed by atoms with Crippen molar-refractivity contribution in [3.8, 4) is 0 Å². The Morgan fingerprint density at radius 2 is 1.47 bits per heavy atom. The lowest BCUT2D eigenvalue weighted by Crippen LogP contribution is -2.03. The van der Waals surface area contributed by atoms with Gasteiger partial charge in [0.15, 0.2) is 0 Å². The Labute approximate surface area is 102 Å². The van der Waals surface area contributed by atoms with Crippen molar-refractivity contribution >= 4 is 5.71 Å². The highest BCUT2D eigenvalue weighted by Crippen LogP contribution is 2.12. The highest BCUT2D eigenvalue weighted by molar-refractivity contribution is 6.12. The highest BCUT2D eigenvalue weighted by atomic mass is 16.6. The lowest BCUT2D eigenvalue weighted by atomic mass is 10.0. The average Bonchev–Trinajstić information content (AvgIpc) is 2.38. The van der Waals surface area contributed by atoms with E-state index in [0.29, 0.717) is 0 Å². The maximum atomic E-state index is 4.93. The second-order valence-corrected chi connectivity index (χ2v) is 3.85. The molecule has 0 aromatic heterocycles. The molecule has 17 heavy (non-hydrogen) atoms. The van der Waals surface area contributed by atoms with Gasteiger partial charge in [-0.05, 0) is 6.92 Å². The Morgan fingerprint density at radius 3 is 2.06 bits per heavy atom. The number of aryl methyl sites for hydroxylation is 1. The second kappa shape index (κ2) is 5.30. The molecule has 0 saturated carbocycles. The van der Waals surface area contributed by atoms with Gasteiger partial charge in [0, 0.05) is 11.1 Å². The molecule has 0 N–H and O–H groups in total. The van der Waals surface area contributed by atoms with Crippen LogP contribution < -0.4 is 0 Å². The number of benzene rings is 2. The first kappa shape index (κ1) is 11.4. The summed E-state index contributed by atoms with van der Waals surface area (Å²) in [5, 5.41) is 4.11. The van der Waals surface area contributed by atoms with Gasteiger partial charge in [0.05, 0.1) is 0 Å². The van der Waals surface area contributed by atoms with Crippen LogP contribution in [-0.4, -0.2) is 12.8 Å². The Bertz CT molecular complexity index is 500. The molecule has 0 aliphatic rings. The van der Waals surface area contributed by atoms with E-state index in [1.54, 1.807) is 7.11 Å². The molecule has 0 spiro atoms. The zero-order valence-electron chi connectivity index (χ0n) is 10.1. The number of nitrogens with zero attached hydrogens (tertiary/aromatic N) is 1. The first-order chi connectivity index (χ1) is 8.31. The van der Waals surface area contributed by atoms with Crippen LogP contribution in [0.5, 0.6) is 0 Å². The predicted molar refractivity (Wildman–Crippen MR) is 70.3 cm³/mol. The summed E-state index contributed by atoms with van der Waals surface area (Å²) >= 11 is 0. The molecule has 0 aliphatic heterocycles. The minimum absolute atomic E-state index is 0.855. The van der Waals surface area contributed by atoms with Crippen molar-refractivity contribution in [2.75, 3.05) is 7.11 Å². The van der Waals surface area contributed by atoms with Crippen molar-refractivity contribution in [1.29, 1.82) is 0 Å². The average molecular weight is 225 g/mol. The summed E-state index contributed by atoms with van der Waals surface area (Å²) in [4.78, 5) is 4.93. The molecule has 0 heterocycles. The summed E-state index contributed by atoms with van der Waals surface area (Å²) in [6, 6.07) is 18.3. The standard InChI is InChI=1S/C15H15NO/c1-12-8-10-14(11-9-12)15(16-17-2)13-6-4-3-5-7-13/h3-11H,1-2H3/b16-15-. The molecular weight excluding hydrogens is 210 g/mol. The molecule has 0 radical (unpaired) electrons. The molecular formula is C15H15NO. The van der Waals surface area contributed by atoms with Gasteiger partial charge in [0.2, 0.25) is 0 Å². The number of hydrogen-bond acceptors (Lipinski definition) is 2. The highest BCUT2D eigenvalue weighted by Gasteiger charge is 2.06. The fourth-order valence-electron chi connectivity index (χ4n) is 1.67. The normalized spacial score (nSPS) is 11.3. The molecule has 0 amide bonds. The summed E-state index contributed by atoms with van der Waals surface area (Å²) in [6.07, 6.45) is 0. The van der Waals surface area contributed by atoms with E-state index in [1.165, 1.54) is 5.56 Å². The summed E-state index contributed by atoms with van der Waals surface area (Å²) in [6.45, 7) is 2.07. The number of oxime groups is 1. The van der Waals surface area contributed by atoms with E-state index in [1.807, 2.05) is 30.3 Å². The third-order valence-electron chi connectivity index (χ3n) is 2.55. The molecule has 0 bridgehead atoms. The van der Waals surface area contributed by atoms with Gasteiger partial charge in [-0.3, -0.25) is 0 Å². The van der Waals surface area contributed by atoms with Crippen LogP contribution in [0.2, 0.25) is 0 Å². The van der Waals surface area contributed by atoms with E-state index >= 15 is 0 Å². The van der Waals surface area contributed by atoms with Crippen LogP contribution in [0.1, 0.15) is 16.7 Å². The van der Waals surface area contributed by atoms with Crippen molar-refractivity contribution in [2.45, 2.75) is 6.92 Å². The summed E-state index contributed by atoms with van der Waals surface area (Å²) < 4.78 is 0. The zero-order chi connectivity index (χ0) is 12.1. The molecule has 0 aliphatic carbocycles. The molecule has 2 heteroatoms. The molecule has 0 saturated heterocycles. The SMILES string of the molecule is CO/N=C(/c1ccccc1)c1ccc(C)cc1. The lowest BCUT2D eigenvalue weighted by Gasteiger charge is -2.06. The van der Waals surface area contributed by atoms with Crippen LogP contribution in [0.4, 0.5) is 0 Å². The van der Waals surface area contributed by atoms with Crippen LogP contribution >= 0.6 is 0 Å². The largest absolute Gasteiger partial charge is 0.399 e. The summed E-state index contributed by atoms with van der Waals surface area (Å²) in [5.74, 6) is 0. The van der Waals surface area contributed by atoms with E-state index in [2.05, 4.69) is 36.3 Å². The lowest BCUT2D eigenvalue weighted by molar-refractivity contribution is 0.214. The van der Waals surface area contributed by atoms with E-state index < -0.39 is 0 Å². The van der Waals surface area contributed by atoms with E-state index in [0.717, 1.165) is 16.8 Å². The van der Waals surface area contributed by atoms with Crippen LogP contribution in [0.3, 0.4) is 0 Å². The van der Waals surface area contributed by atoms with Crippen molar-refractivity contribution in [2.24, 2.45) is 5.16 Å². The molecule has 0 atom stereocenters. The second-order valence-electron chi connectivity index (χ2n) is 3.85. The van der Waals surface area contributed by atoms with Gasteiger partial charge in [-0.2, -0.15) is 0 Å². The first-order valence-corrected chi connectivity index (χ1v) is 5.55. The molecule has 0 unspecified atom stereocenters. The minimum Gasteiger partial charge on any atom is -0.399 e. The Hall–Kier alpha value is -2.09. The van der Waals surface area contributed by atoms with Gasteiger partial charge in [-0.25, -0.2) is 0 Å². The van der Waals surface area contributed by atoms with Gasteiger partial charge >= 0.3 is 0 Å². The maximum absolute atomic E-state index is 4.93. The maximum Gasteiger partial charge on any atom is 0.117 e. The first-order valence-electron chi connectivity index (χ1n) is 5.55. The Balaban J connectivity index is 2.44. The van der Waals surface area contributed by atoms with E-state index in [9.17, 15) is 0 Å². The molecule has 2 rings (SSSR count). The van der Waals surface area contributed by atoms with Gasteiger partial charge in [0.1, 0.15) is 12.8 Å². The van der Waals surface area contributed by atoms with Gasteiger partial charge in [-0.15, -0.1) is 0 Å². The smallest absolute Gasteiger partial charge is 0.117 e. The summed E-state index contributed by atoms with van der Waals surface area (Å²) in [7, 11) is 1.57.